The maximum atomic E-state index is 4.62. The van der Waals surface area contributed by atoms with E-state index < -0.39 is 0 Å². The van der Waals surface area contributed by atoms with Gasteiger partial charge in [-0.25, -0.2) is 0 Å². The van der Waals surface area contributed by atoms with Crippen molar-refractivity contribution in [3.8, 4) is 21.8 Å². The van der Waals surface area contributed by atoms with Crippen LogP contribution in [0.3, 0.4) is 0 Å². The first-order valence-corrected chi connectivity index (χ1v) is 10.4. The molecule has 1 saturated heterocycles. The van der Waals surface area contributed by atoms with Crippen molar-refractivity contribution < 1.29 is 0 Å². The minimum Gasteiger partial charge on any atom is -0.301 e. The van der Waals surface area contributed by atoms with Gasteiger partial charge in [0.05, 0.1) is 16.3 Å². The number of hydrogen-bond acceptors (Lipinski definition) is 4. The predicted molar refractivity (Wildman–Crippen MR) is 108 cm³/mol. The number of nitrogens with one attached hydrogen (secondary N) is 1. The molecule has 1 N–H and O–H groups in total. The molecule has 1 aliphatic heterocycles. The van der Waals surface area contributed by atoms with Gasteiger partial charge in [0.2, 0.25) is 0 Å². The van der Waals surface area contributed by atoms with Gasteiger partial charge in [-0.1, -0.05) is 31.2 Å². The summed E-state index contributed by atoms with van der Waals surface area (Å²) >= 11 is 1.77. The van der Waals surface area contributed by atoms with Gasteiger partial charge >= 0.3 is 0 Å². The van der Waals surface area contributed by atoms with Crippen molar-refractivity contribution in [3.05, 3.63) is 52.4 Å². The number of likely N-dealkylation sites (N-methyl/N-ethyl adjacent to an activating group) is 1. The number of aromatic amines is 1. The number of rotatable bonds is 4. The van der Waals surface area contributed by atoms with Crippen LogP contribution in [0.5, 0.6) is 0 Å². The maximum absolute atomic E-state index is 4.62. The number of H-pyrrole nitrogens is 1. The largest absolute Gasteiger partial charge is 0.301 e. The fraction of sp³-hybridized carbons (Fsp3) is 0.381. The fourth-order valence-corrected chi connectivity index (χ4v) is 4.97. The summed E-state index contributed by atoms with van der Waals surface area (Å²) in [5, 5.41) is 10.0. The number of piperazine rings is 1. The molecule has 0 saturated carbocycles. The average Bonchev–Trinajstić information content (AvgIpc) is 3.38. The lowest BCUT2D eigenvalue weighted by atomic mass is 10.0. The molecule has 0 spiro atoms. The van der Waals surface area contributed by atoms with Crippen molar-refractivity contribution in [1.82, 2.24) is 20.0 Å². The van der Waals surface area contributed by atoms with Crippen LogP contribution in [-0.2, 0) is 13.0 Å². The molecular formula is C21H24N4S. The van der Waals surface area contributed by atoms with E-state index in [1.807, 2.05) is 0 Å². The Labute approximate surface area is 158 Å². The number of benzene rings is 1. The van der Waals surface area contributed by atoms with Gasteiger partial charge in [0.25, 0.3) is 0 Å². The lowest BCUT2D eigenvalue weighted by Gasteiger charge is -2.34. The lowest BCUT2D eigenvalue weighted by Crippen LogP contribution is -2.45. The summed E-state index contributed by atoms with van der Waals surface area (Å²) < 4.78 is 0. The van der Waals surface area contributed by atoms with Crippen LogP contribution in [0.15, 0.2) is 35.7 Å². The number of fused-ring (bicyclic) bond motifs is 3. The first-order chi connectivity index (χ1) is 12.8. The van der Waals surface area contributed by atoms with Gasteiger partial charge in [-0.05, 0) is 29.1 Å². The van der Waals surface area contributed by atoms with E-state index in [0.717, 1.165) is 18.7 Å². The summed E-state index contributed by atoms with van der Waals surface area (Å²) in [5.74, 6) is 0. The lowest BCUT2D eigenvalue weighted by molar-refractivity contribution is 0.132. The third-order valence-corrected chi connectivity index (χ3v) is 6.63. The van der Waals surface area contributed by atoms with Gasteiger partial charge in [0, 0.05) is 50.3 Å². The summed E-state index contributed by atoms with van der Waals surface area (Å²) in [6.45, 7) is 9.23. The summed E-state index contributed by atoms with van der Waals surface area (Å²) in [4.78, 5) is 6.39. The zero-order chi connectivity index (χ0) is 17.5. The molecule has 134 valence electrons. The number of nitrogens with zero attached hydrogens (tertiary/aromatic N) is 3. The van der Waals surface area contributed by atoms with Crippen molar-refractivity contribution in [2.75, 3.05) is 32.7 Å². The highest BCUT2D eigenvalue weighted by Gasteiger charge is 2.26. The van der Waals surface area contributed by atoms with E-state index in [0.29, 0.717) is 0 Å². The first kappa shape index (κ1) is 16.2. The minimum absolute atomic E-state index is 0.992. The normalized spacial score (nSPS) is 17.4. The predicted octanol–water partition coefficient (Wildman–Crippen LogP) is 3.85. The molecule has 0 bridgehead atoms. The van der Waals surface area contributed by atoms with Gasteiger partial charge in [-0.2, -0.15) is 5.10 Å². The Morgan fingerprint density at radius 1 is 1.12 bits per heavy atom. The molecule has 0 radical (unpaired) electrons. The maximum Gasteiger partial charge on any atom is 0.0965 e. The topological polar surface area (TPSA) is 35.2 Å². The molecule has 3 aromatic rings. The SMILES string of the molecule is CCN1CCN(Cc2ccc3c(c2)Cc2c-3n[nH]c2-c2cccs2)CC1. The summed E-state index contributed by atoms with van der Waals surface area (Å²) in [5.41, 5.74) is 7.87. The van der Waals surface area contributed by atoms with Gasteiger partial charge < -0.3 is 4.90 Å². The van der Waals surface area contributed by atoms with E-state index in [9.17, 15) is 0 Å². The molecule has 3 heterocycles. The minimum atomic E-state index is 0.992. The van der Waals surface area contributed by atoms with E-state index in [1.54, 1.807) is 11.3 Å². The van der Waals surface area contributed by atoms with Crippen LogP contribution in [0, 0.1) is 0 Å². The molecule has 4 nitrogen and oxygen atoms in total. The third kappa shape index (κ3) is 2.80. The Hall–Kier alpha value is -1.95. The highest BCUT2D eigenvalue weighted by Crippen LogP contribution is 2.41. The summed E-state index contributed by atoms with van der Waals surface area (Å²) in [6, 6.07) is 11.2. The molecule has 0 amide bonds. The van der Waals surface area contributed by atoms with Gasteiger partial charge in [-0.15, -0.1) is 11.3 Å². The molecule has 5 heteroatoms. The van der Waals surface area contributed by atoms with E-state index in [4.69, 9.17) is 0 Å². The number of hydrogen-bond donors (Lipinski definition) is 1. The van der Waals surface area contributed by atoms with E-state index in [-0.39, 0.29) is 0 Å². The van der Waals surface area contributed by atoms with E-state index in [2.05, 4.69) is 62.6 Å². The Morgan fingerprint density at radius 3 is 2.73 bits per heavy atom. The number of aromatic nitrogens is 2. The molecule has 1 fully saturated rings. The molecule has 2 aliphatic rings. The van der Waals surface area contributed by atoms with Crippen LogP contribution in [0.25, 0.3) is 21.8 Å². The Bertz CT molecular complexity index is 904. The van der Waals surface area contributed by atoms with Crippen molar-refractivity contribution >= 4 is 11.3 Å². The van der Waals surface area contributed by atoms with Crippen molar-refractivity contribution in [1.29, 1.82) is 0 Å². The van der Waals surface area contributed by atoms with Crippen LogP contribution < -0.4 is 0 Å². The molecule has 0 atom stereocenters. The molecular weight excluding hydrogens is 340 g/mol. The molecule has 0 unspecified atom stereocenters. The van der Waals surface area contributed by atoms with Crippen LogP contribution in [0.2, 0.25) is 0 Å². The van der Waals surface area contributed by atoms with Crippen molar-refractivity contribution in [2.45, 2.75) is 19.9 Å². The highest BCUT2D eigenvalue weighted by molar-refractivity contribution is 7.13. The average molecular weight is 365 g/mol. The van der Waals surface area contributed by atoms with E-state index in [1.165, 1.54) is 65.5 Å². The highest BCUT2D eigenvalue weighted by atomic mass is 32.1. The molecule has 1 aliphatic carbocycles. The molecule has 26 heavy (non-hydrogen) atoms. The van der Waals surface area contributed by atoms with Gasteiger partial charge in [0.15, 0.2) is 0 Å². The molecule has 5 rings (SSSR count). The monoisotopic (exact) mass is 364 g/mol. The fourth-order valence-electron chi connectivity index (χ4n) is 4.22. The third-order valence-electron chi connectivity index (χ3n) is 5.75. The zero-order valence-electron chi connectivity index (χ0n) is 15.2. The van der Waals surface area contributed by atoms with Crippen molar-refractivity contribution in [3.63, 3.8) is 0 Å². The summed E-state index contributed by atoms with van der Waals surface area (Å²) in [6.07, 6.45) is 0.992. The van der Waals surface area contributed by atoms with Crippen LogP contribution >= 0.6 is 11.3 Å². The second kappa shape index (κ2) is 6.65. The van der Waals surface area contributed by atoms with Crippen molar-refractivity contribution in [2.24, 2.45) is 0 Å². The molecule has 2 aromatic heterocycles. The zero-order valence-corrected chi connectivity index (χ0v) is 16.0. The van der Waals surface area contributed by atoms with Gasteiger partial charge in [0.1, 0.15) is 0 Å². The Morgan fingerprint density at radius 2 is 1.96 bits per heavy atom. The first-order valence-electron chi connectivity index (χ1n) is 9.50. The number of thiophene rings is 1. The second-order valence-corrected chi connectivity index (χ2v) is 8.23. The Balaban J connectivity index is 1.35. The quantitative estimate of drug-likeness (QED) is 0.597. The van der Waals surface area contributed by atoms with E-state index >= 15 is 0 Å². The smallest absolute Gasteiger partial charge is 0.0965 e. The van der Waals surface area contributed by atoms with Crippen LogP contribution in [0.4, 0.5) is 0 Å². The second-order valence-electron chi connectivity index (χ2n) is 7.28. The Kier molecular flexibility index (Phi) is 4.15. The van der Waals surface area contributed by atoms with Crippen LogP contribution in [-0.4, -0.2) is 52.7 Å². The summed E-state index contributed by atoms with van der Waals surface area (Å²) in [7, 11) is 0. The molecule has 1 aromatic carbocycles. The standard InChI is InChI=1S/C21H24N4S/c1-2-24-7-9-25(10-8-24)14-15-5-6-17-16(12-15)13-18-20(17)22-23-21(18)19-4-3-11-26-19/h3-6,11-12H,2,7-10,13-14H2,1H3,(H,22,23). The van der Waals surface area contributed by atoms with Gasteiger partial charge in [-0.3, -0.25) is 10.00 Å². The van der Waals surface area contributed by atoms with Crippen LogP contribution in [0.1, 0.15) is 23.6 Å².